The minimum atomic E-state index is -1.43. The summed E-state index contributed by atoms with van der Waals surface area (Å²) < 4.78 is 43.1. The number of carbonyl (C=O) groups is 1. The molecule has 6 heteroatoms. The summed E-state index contributed by atoms with van der Waals surface area (Å²) in [6, 6.07) is 0.335. The van der Waals surface area contributed by atoms with E-state index in [-0.39, 0.29) is 0 Å². The number of hydrogen-bond acceptors (Lipinski definition) is 2. The monoisotopic (exact) mass is 205 g/mol. The number of hydrogen-bond donors (Lipinski definition) is 1. The van der Waals surface area contributed by atoms with Crippen LogP contribution in [0.3, 0.4) is 0 Å². The molecule has 0 aliphatic heterocycles. The molecule has 0 unspecified atom stereocenters. The van der Waals surface area contributed by atoms with Crippen molar-refractivity contribution in [1.29, 1.82) is 0 Å². The zero-order valence-electron chi connectivity index (χ0n) is 7.11. The van der Waals surface area contributed by atoms with E-state index in [0.29, 0.717) is 6.07 Å². The maximum absolute atomic E-state index is 13.1. The summed E-state index contributed by atoms with van der Waals surface area (Å²) >= 11 is 0. The quantitative estimate of drug-likeness (QED) is 0.788. The molecule has 3 nitrogen and oxygen atoms in total. The van der Waals surface area contributed by atoms with Gasteiger partial charge in [-0.05, 0) is 0 Å². The van der Waals surface area contributed by atoms with Crippen LogP contribution in [0.25, 0.3) is 0 Å². The van der Waals surface area contributed by atoms with Gasteiger partial charge < -0.3 is 10.5 Å². The Morgan fingerprint density at radius 2 is 1.93 bits per heavy atom. The lowest BCUT2D eigenvalue weighted by Gasteiger charge is -2.06. The summed E-state index contributed by atoms with van der Waals surface area (Å²) in [7, 11) is 0.990. The van der Waals surface area contributed by atoms with E-state index in [0.717, 1.165) is 7.11 Å². The minimum absolute atomic E-state index is 0.335. The standard InChI is InChI=1S/C8H6F3NO2/c1-14-7-4(10)2-3(9)5(6(7)11)8(12)13/h2H,1H3,(H2,12,13). The van der Waals surface area contributed by atoms with Crippen molar-refractivity contribution in [3.63, 3.8) is 0 Å². The normalized spacial score (nSPS) is 10.0. The van der Waals surface area contributed by atoms with Gasteiger partial charge in [0.15, 0.2) is 17.4 Å². The van der Waals surface area contributed by atoms with Crippen LogP contribution in [0.1, 0.15) is 10.4 Å². The molecule has 0 heterocycles. The Labute approximate surface area is 77.3 Å². The van der Waals surface area contributed by atoms with E-state index in [2.05, 4.69) is 4.74 Å². The first-order chi connectivity index (χ1) is 6.49. The molecule has 1 amide bonds. The summed E-state index contributed by atoms with van der Waals surface area (Å²) in [4.78, 5) is 10.6. The van der Waals surface area contributed by atoms with Crippen LogP contribution in [0.15, 0.2) is 6.07 Å². The first kappa shape index (κ1) is 10.4. The number of ether oxygens (including phenoxy) is 1. The lowest BCUT2D eigenvalue weighted by atomic mass is 10.1. The van der Waals surface area contributed by atoms with Crippen molar-refractivity contribution in [1.82, 2.24) is 0 Å². The van der Waals surface area contributed by atoms with E-state index >= 15 is 0 Å². The molecule has 2 N–H and O–H groups in total. The Morgan fingerprint density at radius 1 is 1.36 bits per heavy atom. The van der Waals surface area contributed by atoms with E-state index < -0.39 is 34.7 Å². The fraction of sp³-hybridized carbons (Fsp3) is 0.125. The van der Waals surface area contributed by atoms with Crippen molar-refractivity contribution in [3.05, 3.63) is 29.1 Å². The molecule has 1 rings (SSSR count). The van der Waals surface area contributed by atoms with Crippen LogP contribution in [-0.4, -0.2) is 13.0 Å². The summed E-state index contributed by atoms with van der Waals surface area (Å²) in [6.45, 7) is 0. The van der Waals surface area contributed by atoms with Crippen LogP contribution in [0.2, 0.25) is 0 Å². The second-order valence-corrected chi connectivity index (χ2v) is 2.43. The van der Waals surface area contributed by atoms with Crippen molar-refractivity contribution in [2.45, 2.75) is 0 Å². The fourth-order valence-electron chi connectivity index (χ4n) is 0.985. The molecule has 1 aromatic rings. The number of nitrogens with two attached hydrogens (primary N) is 1. The lowest BCUT2D eigenvalue weighted by Crippen LogP contribution is -2.16. The number of methoxy groups -OCH3 is 1. The second kappa shape index (κ2) is 3.57. The van der Waals surface area contributed by atoms with Crippen LogP contribution in [0.4, 0.5) is 13.2 Å². The molecular formula is C8H6F3NO2. The average molecular weight is 205 g/mol. The van der Waals surface area contributed by atoms with Gasteiger partial charge in [0.2, 0.25) is 0 Å². The summed E-state index contributed by atoms with van der Waals surface area (Å²) in [5.74, 6) is -6.17. The molecular weight excluding hydrogens is 199 g/mol. The molecule has 0 aliphatic carbocycles. The number of carbonyl (C=O) groups excluding carboxylic acids is 1. The van der Waals surface area contributed by atoms with Gasteiger partial charge in [0.25, 0.3) is 5.91 Å². The largest absolute Gasteiger partial charge is 0.491 e. The highest BCUT2D eigenvalue weighted by Gasteiger charge is 2.22. The number of amides is 1. The van der Waals surface area contributed by atoms with E-state index in [1.165, 1.54) is 0 Å². The van der Waals surface area contributed by atoms with Crippen LogP contribution in [0, 0.1) is 17.5 Å². The first-order valence-electron chi connectivity index (χ1n) is 3.50. The van der Waals surface area contributed by atoms with Crippen molar-refractivity contribution >= 4 is 5.91 Å². The van der Waals surface area contributed by atoms with Crippen molar-refractivity contribution in [3.8, 4) is 5.75 Å². The SMILES string of the molecule is COc1c(F)cc(F)c(C(N)=O)c1F. The van der Waals surface area contributed by atoms with E-state index in [9.17, 15) is 18.0 Å². The van der Waals surface area contributed by atoms with Crippen molar-refractivity contribution in [2.75, 3.05) is 7.11 Å². The summed E-state index contributed by atoms with van der Waals surface area (Å²) in [5.41, 5.74) is 3.68. The minimum Gasteiger partial charge on any atom is -0.491 e. The zero-order valence-corrected chi connectivity index (χ0v) is 7.11. The Bertz CT molecular complexity index is 393. The van der Waals surface area contributed by atoms with Gasteiger partial charge in [0.1, 0.15) is 11.4 Å². The van der Waals surface area contributed by atoms with Gasteiger partial charge in [-0.1, -0.05) is 0 Å². The molecule has 1 aromatic carbocycles. The second-order valence-electron chi connectivity index (χ2n) is 2.43. The molecule has 0 saturated heterocycles. The Balaban J connectivity index is 3.52. The molecule has 0 bridgehead atoms. The van der Waals surface area contributed by atoms with Gasteiger partial charge >= 0.3 is 0 Å². The predicted molar refractivity (Wildman–Crippen MR) is 41.4 cm³/mol. The third-order valence-electron chi connectivity index (χ3n) is 1.58. The fourth-order valence-corrected chi connectivity index (χ4v) is 0.985. The van der Waals surface area contributed by atoms with Crippen LogP contribution in [0.5, 0.6) is 5.75 Å². The highest BCUT2D eigenvalue weighted by molar-refractivity contribution is 5.93. The number of rotatable bonds is 2. The van der Waals surface area contributed by atoms with Gasteiger partial charge in [-0.15, -0.1) is 0 Å². The maximum atomic E-state index is 13.1. The molecule has 76 valence electrons. The van der Waals surface area contributed by atoms with Gasteiger partial charge in [0, 0.05) is 6.07 Å². The highest BCUT2D eigenvalue weighted by atomic mass is 19.1. The van der Waals surface area contributed by atoms with Crippen molar-refractivity contribution in [2.24, 2.45) is 5.73 Å². The van der Waals surface area contributed by atoms with Crippen LogP contribution < -0.4 is 10.5 Å². The Morgan fingerprint density at radius 3 is 2.36 bits per heavy atom. The smallest absolute Gasteiger partial charge is 0.254 e. The van der Waals surface area contributed by atoms with Gasteiger partial charge in [-0.25, -0.2) is 13.2 Å². The molecule has 0 fully saturated rings. The first-order valence-corrected chi connectivity index (χ1v) is 3.50. The highest BCUT2D eigenvalue weighted by Crippen LogP contribution is 2.26. The molecule has 0 atom stereocenters. The number of halogens is 3. The molecule has 0 spiro atoms. The van der Waals surface area contributed by atoms with Crippen molar-refractivity contribution < 1.29 is 22.7 Å². The Hall–Kier alpha value is -1.72. The van der Waals surface area contributed by atoms with Crippen LogP contribution >= 0.6 is 0 Å². The topological polar surface area (TPSA) is 52.3 Å². The van der Waals surface area contributed by atoms with E-state index in [1.807, 2.05) is 0 Å². The van der Waals surface area contributed by atoms with E-state index in [4.69, 9.17) is 5.73 Å². The van der Waals surface area contributed by atoms with Gasteiger partial charge in [-0.2, -0.15) is 0 Å². The zero-order chi connectivity index (χ0) is 10.9. The lowest BCUT2D eigenvalue weighted by molar-refractivity contribution is 0.0991. The van der Waals surface area contributed by atoms with Gasteiger partial charge in [0.05, 0.1) is 7.11 Å². The molecule has 0 saturated carbocycles. The average Bonchev–Trinajstić information content (AvgIpc) is 2.02. The third-order valence-corrected chi connectivity index (χ3v) is 1.58. The molecule has 0 radical (unpaired) electrons. The summed E-state index contributed by atoms with van der Waals surface area (Å²) in [5, 5.41) is 0. The summed E-state index contributed by atoms with van der Waals surface area (Å²) in [6.07, 6.45) is 0. The van der Waals surface area contributed by atoms with Crippen LogP contribution in [-0.2, 0) is 0 Å². The predicted octanol–water partition coefficient (Wildman–Crippen LogP) is 1.21. The maximum Gasteiger partial charge on any atom is 0.254 e. The Kier molecular flexibility index (Phi) is 2.64. The molecule has 14 heavy (non-hydrogen) atoms. The molecule has 0 aliphatic rings. The van der Waals surface area contributed by atoms with E-state index in [1.54, 1.807) is 0 Å². The van der Waals surface area contributed by atoms with Gasteiger partial charge in [-0.3, -0.25) is 4.79 Å². The number of benzene rings is 1. The molecule has 0 aromatic heterocycles. The third kappa shape index (κ3) is 1.50. The number of primary amides is 1.